The number of barbiturate groups is 1. The second kappa shape index (κ2) is 10.9. The number of carbonyl (C=O) groups is 3. The quantitative estimate of drug-likeness (QED) is 0.339. The molecule has 0 aliphatic carbocycles. The van der Waals surface area contributed by atoms with Crippen molar-refractivity contribution >= 4 is 41.4 Å². The van der Waals surface area contributed by atoms with Gasteiger partial charge in [0.05, 0.1) is 4.24 Å². The van der Waals surface area contributed by atoms with Crippen LogP contribution in [0.25, 0.3) is 0 Å². The zero-order chi connectivity index (χ0) is 20.6. The molecule has 156 valence electrons. The zero-order valence-electron chi connectivity index (χ0n) is 16.9. The molecular formula is C22H28N2O3S2. The highest BCUT2D eigenvalue weighted by atomic mass is 32.2. The third kappa shape index (κ3) is 5.45. The first-order chi connectivity index (χ1) is 14.1. The fourth-order valence-electron chi connectivity index (χ4n) is 3.38. The zero-order valence-corrected chi connectivity index (χ0v) is 18.5. The van der Waals surface area contributed by atoms with Crippen LogP contribution in [0.5, 0.6) is 0 Å². The summed E-state index contributed by atoms with van der Waals surface area (Å²) in [6, 6.07) is 9.74. The van der Waals surface area contributed by atoms with Crippen molar-refractivity contribution in [3.05, 3.63) is 45.7 Å². The minimum absolute atomic E-state index is 0.207. The van der Waals surface area contributed by atoms with Crippen LogP contribution < -0.4 is 0 Å². The summed E-state index contributed by atoms with van der Waals surface area (Å²) in [4.78, 5) is 41.6. The van der Waals surface area contributed by atoms with Crippen molar-refractivity contribution in [2.45, 2.75) is 45.4 Å². The van der Waals surface area contributed by atoms with Crippen LogP contribution >= 0.6 is 23.5 Å². The first-order valence-electron chi connectivity index (χ1n) is 10.3. The van der Waals surface area contributed by atoms with Crippen LogP contribution in [0.2, 0.25) is 0 Å². The fourth-order valence-corrected chi connectivity index (χ4v) is 5.99. The van der Waals surface area contributed by atoms with Crippen molar-refractivity contribution in [2.24, 2.45) is 0 Å². The largest absolute Gasteiger partial charge is 0.333 e. The van der Waals surface area contributed by atoms with Crippen LogP contribution in [-0.2, 0) is 16.0 Å². The SMILES string of the molecule is CCCCN1C(=O)C(=C2SCCCS2)C(=O)N(CCCCc2ccccc2)C1=O. The highest BCUT2D eigenvalue weighted by molar-refractivity contribution is 8.22. The van der Waals surface area contributed by atoms with E-state index in [0.717, 1.165) is 54.3 Å². The Morgan fingerprint density at radius 1 is 0.862 bits per heavy atom. The smallest absolute Gasteiger partial charge is 0.268 e. The molecule has 1 aromatic rings. The summed E-state index contributed by atoms with van der Waals surface area (Å²) >= 11 is 3.14. The highest BCUT2D eigenvalue weighted by Crippen LogP contribution is 2.39. The van der Waals surface area contributed by atoms with Crippen molar-refractivity contribution in [2.75, 3.05) is 24.6 Å². The Morgan fingerprint density at radius 2 is 1.48 bits per heavy atom. The van der Waals surface area contributed by atoms with E-state index in [2.05, 4.69) is 12.1 Å². The van der Waals surface area contributed by atoms with Crippen molar-refractivity contribution in [1.82, 2.24) is 9.80 Å². The molecule has 2 heterocycles. The third-order valence-corrected chi connectivity index (χ3v) is 7.64. The molecule has 7 heteroatoms. The van der Waals surface area contributed by atoms with Gasteiger partial charge >= 0.3 is 6.03 Å². The summed E-state index contributed by atoms with van der Waals surface area (Å²) in [5.41, 5.74) is 1.46. The number of thioether (sulfide) groups is 2. The van der Waals surface area contributed by atoms with E-state index in [-0.39, 0.29) is 5.57 Å². The number of benzene rings is 1. The van der Waals surface area contributed by atoms with Gasteiger partial charge in [-0.3, -0.25) is 19.4 Å². The number of hydrogen-bond donors (Lipinski definition) is 0. The maximum absolute atomic E-state index is 13.1. The summed E-state index contributed by atoms with van der Waals surface area (Å²) in [5.74, 6) is 0.994. The summed E-state index contributed by atoms with van der Waals surface area (Å²) in [7, 11) is 0. The molecule has 0 radical (unpaired) electrons. The molecular weight excluding hydrogens is 404 g/mol. The maximum atomic E-state index is 13.1. The number of unbranched alkanes of at least 4 members (excludes halogenated alkanes) is 2. The Labute approximate surface area is 181 Å². The molecule has 0 bridgehead atoms. The molecule has 29 heavy (non-hydrogen) atoms. The van der Waals surface area contributed by atoms with Crippen LogP contribution in [0, 0.1) is 0 Å². The van der Waals surface area contributed by atoms with E-state index in [0.29, 0.717) is 13.1 Å². The number of rotatable bonds is 8. The average molecular weight is 433 g/mol. The lowest BCUT2D eigenvalue weighted by atomic mass is 10.1. The Balaban J connectivity index is 1.72. The van der Waals surface area contributed by atoms with Crippen molar-refractivity contribution in [3.8, 4) is 0 Å². The lowest BCUT2D eigenvalue weighted by Crippen LogP contribution is -2.57. The molecule has 0 aromatic heterocycles. The van der Waals surface area contributed by atoms with Crippen LogP contribution in [0.15, 0.2) is 40.1 Å². The van der Waals surface area contributed by atoms with Crippen molar-refractivity contribution in [1.29, 1.82) is 0 Å². The van der Waals surface area contributed by atoms with Gasteiger partial charge in [-0.1, -0.05) is 43.7 Å². The standard InChI is InChI=1S/C22H28N2O3S2/c1-2-3-13-23-19(25)18(21-28-15-9-16-29-21)20(26)24(22(23)27)14-8-7-12-17-10-5-4-6-11-17/h4-6,10-11H,2-3,7-9,12-16H2,1H3. The first-order valence-corrected chi connectivity index (χ1v) is 12.3. The third-order valence-electron chi connectivity index (χ3n) is 5.01. The molecule has 1 aromatic carbocycles. The Hall–Kier alpha value is -1.73. The van der Waals surface area contributed by atoms with Crippen molar-refractivity contribution < 1.29 is 14.4 Å². The van der Waals surface area contributed by atoms with Crippen molar-refractivity contribution in [3.63, 3.8) is 0 Å². The second-order valence-electron chi connectivity index (χ2n) is 7.21. The normalized spacial score (nSPS) is 18.0. The van der Waals surface area contributed by atoms with Gasteiger partial charge in [-0.05, 0) is 49.2 Å². The summed E-state index contributed by atoms with van der Waals surface area (Å²) in [6.07, 6.45) is 5.23. The number of hydrogen-bond acceptors (Lipinski definition) is 5. The van der Waals surface area contributed by atoms with Crippen LogP contribution in [-0.4, -0.2) is 52.2 Å². The van der Waals surface area contributed by atoms with Crippen LogP contribution in [0.3, 0.4) is 0 Å². The number of nitrogens with zero attached hydrogens (tertiary/aromatic N) is 2. The van der Waals surface area contributed by atoms with Gasteiger partial charge in [0.15, 0.2) is 0 Å². The summed E-state index contributed by atoms with van der Waals surface area (Å²) in [6.45, 7) is 2.75. The highest BCUT2D eigenvalue weighted by Gasteiger charge is 2.43. The Morgan fingerprint density at radius 3 is 2.10 bits per heavy atom. The van der Waals surface area contributed by atoms with Gasteiger partial charge in [0.2, 0.25) is 0 Å². The molecule has 0 saturated carbocycles. The fraction of sp³-hybridized carbons (Fsp3) is 0.500. The molecule has 2 saturated heterocycles. The van der Waals surface area contributed by atoms with Gasteiger partial charge in [0.1, 0.15) is 5.57 Å². The number of aryl methyl sites for hydroxylation is 1. The lowest BCUT2D eigenvalue weighted by molar-refractivity contribution is -0.136. The average Bonchev–Trinajstić information content (AvgIpc) is 2.74. The van der Waals surface area contributed by atoms with Crippen LogP contribution in [0.1, 0.15) is 44.6 Å². The Bertz CT molecular complexity index is 772. The number of imide groups is 2. The second-order valence-corrected chi connectivity index (χ2v) is 9.67. The minimum atomic E-state index is -0.455. The lowest BCUT2D eigenvalue weighted by Gasteiger charge is -2.35. The van der Waals surface area contributed by atoms with E-state index in [1.165, 1.54) is 15.4 Å². The summed E-state index contributed by atoms with van der Waals surface area (Å²) in [5, 5.41) is 0. The molecule has 2 aliphatic rings. The predicted molar refractivity (Wildman–Crippen MR) is 120 cm³/mol. The molecule has 0 N–H and O–H groups in total. The maximum Gasteiger partial charge on any atom is 0.333 e. The minimum Gasteiger partial charge on any atom is -0.268 e. The van der Waals surface area contributed by atoms with Gasteiger partial charge in [0.25, 0.3) is 11.8 Å². The summed E-state index contributed by atoms with van der Waals surface area (Å²) < 4.78 is 0.787. The van der Waals surface area contributed by atoms with Gasteiger partial charge in [-0.2, -0.15) is 0 Å². The predicted octanol–water partition coefficient (Wildman–Crippen LogP) is 4.68. The molecule has 4 amide bonds. The number of urea groups is 1. The van der Waals surface area contributed by atoms with Gasteiger partial charge in [-0.25, -0.2) is 4.79 Å². The molecule has 2 fully saturated rings. The number of amides is 4. The molecule has 5 nitrogen and oxygen atoms in total. The molecule has 0 atom stereocenters. The molecule has 2 aliphatic heterocycles. The van der Waals surface area contributed by atoms with E-state index < -0.39 is 17.8 Å². The van der Waals surface area contributed by atoms with E-state index >= 15 is 0 Å². The van der Waals surface area contributed by atoms with Gasteiger partial charge < -0.3 is 0 Å². The number of carbonyl (C=O) groups excluding carboxylic acids is 3. The first kappa shape index (κ1) is 22.0. The van der Waals surface area contributed by atoms with E-state index in [1.54, 1.807) is 23.5 Å². The Kier molecular flexibility index (Phi) is 8.24. The van der Waals surface area contributed by atoms with Gasteiger partial charge in [-0.15, -0.1) is 23.5 Å². The van der Waals surface area contributed by atoms with E-state index in [1.807, 2.05) is 25.1 Å². The van der Waals surface area contributed by atoms with Crippen LogP contribution in [0.4, 0.5) is 4.79 Å². The molecule has 3 rings (SSSR count). The van der Waals surface area contributed by atoms with E-state index in [9.17, 15) is 14.4 Å². The topological polar surface area (TPSA) is 57.7 Å². The molecule has 0 spiro atoms. The van der Waals surface area contributed by atoms with E-state index in [4.69, 9.17) is 0 Å². The monoisotopic (exact) mass is 432 g/mol. The van der Waals surface area contributed by atoms with Gasteiger partial charge in [0, 0.05) is 13.1 Å². The molecule has 0 unspecified atom stereocenters.